The molecule has 0 aliphatic carbocycles. The highest BCUT2D eigenvalue weighted by Gasteiger charge is 2.19. The number of ether oxygens (including phenoxy) is 2. The highest BCUT2D eigenvalue weighted by Crippen LogP contribution is 2.34. The third-order valence-electron chi connectivity index (χ3n) is 2.45. The predicted octanol–water partition coefficient (Wildman–Crippen LogP) is 2.40. The van der Waals surface area contributed by atoms with Crippen LogP contribution < -0.4 is 15.2 Å². The number of amidine groups is 1. The van der Waals surface area contributed by atoms with Crippen molar-refractivity contribution in [2.24, 2.45) is 15.9 Å². The lowest BCUT2D eigenvalue weighted by Crippen LogP contribution is -2.04. The van der Waals surface area contributed by atoms with Gasteiger partial charge >= 0.3 is 5.69 Å². The van der Waals surface area contributed by atoms with Gasteiger partial charge in [0.05, 0.1) is 24.4 Å². The molecule has 120 valence electrons. The van der Waals surface area contributed by atoms with Crippen LogP contribution in [-0.4, -0.2) is 35.8 Å². The Bertz CT molecular complexity index is 590. The Kier molecular flexibility index (Phi) is 7.17. The minimum Gasteiger partial charge on any atom is -0.493 e. The van der Waals surface area contributed by atoms with Crippen molar-refractivity contribution in [1.82, 2.24) is 0 Å². The smallest absolute Gasteiger partial charge is 0.311 e. The second-order valence-electron chi connectivity index (χ2n) is 3.87. The quantitative estimate of drug-likeness (QED) is 0.356. The molecule has 2 N–H and O–H groups in total. The molecule has 0 aromatic heterocycles. The minimum absolute atomic E-state index is 0.153. The van der Waals surface area contributed by atoms with Crippen molar-refractivity contribution in [3.8, 4) is 11.5 Å². The van der Waals surface area contributed by atoms with Gasteiger partial charge in [-0.15, -0.1) is 5.10 Å². The molecule has 1 aromatic rings. The van der Waals surface area contributed by atoms with E-state index in [0.717, 1.165) is 0 Å². The number of nitrogens with two attached hydrogens (primary N) is 1. The maximum absolute atomic E-state index is 11.1. The number of rotatable bonds is 7. The van der Waals surface area contributed by atoms with Crippen LogP contribution in [0.1, 0.15) is 19.4 Å². The van der Waals surface area contributed by atoms with Crippen molar-refractivity contribution in [3.63, 3.8) is 0 Å². The Morgan fingerprint density at radius 3 is 2.55 bits per heavy atom. The topological polar surface area (TPSA) is 112 Å². The lowest BCUT2D eigenvalue weighted by molar-refractivity contribution is -0.385. The van der Waals surface area contributed by atoms with Gasteiger partial charge in [-0.25, -0.2) is 0 Å². The van der Waals surface area contributed by atoms with Gasteiger partial charge in [-0.2, -0.15) is 5.10 Å². The number of nitrogens with zero attached hydrogens (tertiary/aromatic N) is 3. The molecule has 0 unspecified atom stereocenters. The maximum atomic E-state index is 11.1. The summed E-state index contributed by atoms with van der Waals surface area (Å²) in [6.07, 6.45) is 3.12. The van der Waals surface area contributed by atoms with E-state index in [-0.39, 0.29) is 16.6 Å². The summed E-state index contributed by atoms with van der Waals surface area (Å²) < 4.78 is 10.7. The van der Waals surface area contributed by atoms with Crippen LogP contribution in [0.2, 0.25) is 0 Å². The number of nitro groups is 1. The molecule has 0 saturated carbocycles. The molecule has 0 bridgehead atoms. The Labute approximate surface area is 132 Å². The molecule has 0 atom stereocenters. The van der Waals surface area contributed by atoms with E-state index in [4.69, 9.17) is 15.2 Å². The van der Waals surface area contributed by atoms with Crippen LogP contribution in [0, 0.1) is 10.1 Å². The molecule has 0 heterocycles. The SMILES string of the molecule is CCOc1cc(OCC)c([N+](=O)[O-])cc1/C=N\N=C(/N)SC. The Morgan fingerprint density at radius 1 is 1.36 bits per heavy atom. The van der Waals surface area contributed by atoms with Crippen LogP contribution in [0.15, 0.2) is 22.3 Å². The van der Waals surface area contributed by atoms with Crippen LogP contribution in [-0.2, 0) is 0 Å². The lowest BCUT2D eigenvalue weighted by atomic mass is 10.1. The van der Waals surface area contributed by atoms with Crippen molar-refractivity contribution in [2.75, 3.05) is 19.5 Å². The first kappa shape index (κ1) is 17.8. The molecule has 0 fully saturated rings. The molecule has 0 saturated heterocycles. The summed E-state index contributed by atoms with van der Waals surface area (Å²) in [5.74, 6) is 0.582. The van der Waals surface area contributed by atoms with E-state index < -0.39 is 4.92 Å². The van der Waals surface area contributed by atoms with Gasteiger partial charge in [-0.05, 0) is 20.1 Å². The van der Waals surface area contributed by atoms with E-state index in [1.54, 1.807) is 13.2 Å². The molecule has 1 aromatic carbocycles. The average molecular weight is 326 g/mol. The average Bonchev–Trinajstić information content (AvgIpc) is 2.49. The third-order valence-corrected chi connectivity index (χ3v) is 2.95. The van der Waals surface area contributed by atoms with E-state index in [1.165, 1.54) is 30.1 Å². The normalized spacial score (nSPS) is 11.7. The van der Waals surface area contributed by atoms with E-state index in [2.05, 4.69) is 10.2 Å². The second-order valence-corrected chi connectivity index (χ2v) is 4.69. The number of nitro benzene ring substituents is 1. The fourth-order valence-corrected chi connectivity index (χ4v) is 1.68. The Balaban J connectivity index is 3.28. The lowest BCUT2D eigenvalue weighted by Gasteiger charge is -2.10. The van der Waals surface area contributed by atoms with E-state index in [1.807, 2.05) is 6.92 Å². The summed E-state index contributed by atoms with van der Waals surface area (Å²) >= 11 is 1.25. The number of benzene rings is 1. The first-order valence-corrected chi connectivity index (χ1v) is 7.74. The van der Waals surface area contributed by atoms with Crippen LogP contribution in [0.5, 0.6) is 11.5 Å². The highest BCUT2D eigenvalue weighted by atomic mass is 32.2. The summed E-state index contributed by atoms with van der Waals surface area (Å²) in [7, 11) is 0. The largest absolute Gasteiger partial charge is 0.493 e. The van der Waals surface area contributed by atoms with Crippen molar-refractivity contribution in [2.45, 2.75) is 13.8 Å². The summed E-state index contributed by atoms with van der Waals surface area (Å²) in [6.45, 7) is 4.28. The standard InChI is InChI=1S/C13H18N4O4S/c1-4-20-11-7-12(21-5-2)10(17(18)19)6-9(11)8-15-16-13(14)22-3/h6-8H,4-5H2,1-3H3,(H2,14,16)/b15-8-. The van der Waals surface area contributed by atoms with Crippen LogP contribution in [0.4, 0.5) is 5.69 Å². The third kappa shape index (κ3) is 4.92. The fraction of sp³-hybridized carbons (Fsp3) is 0.385. The van der Waals surface area contributed by atoms with Crippen LogP contribution >= 0.6 is 11.8 Å². The molecule has 1 rings (SSSR count). The molecule has 8 nitrogen and oxygen atoms in total. The van der Waals surface area contributed by atoms with Gasteiger partial charge in [-0.3, -0.25) is 10.1 Å². The minimum atomic E-state index is -0.516. The van der Waals surface area contributed by atoms with Crippen molar-refractivity contribution < 1.29 is 14.4 Å². The van der Waals surface area contributed by atoms with Gasteiger partial charge in [0.1, 0.15) is 5.75 Å². The maximum Gasteiger partial charge on any atom is 0.311 e. The fourth-order valence-electron chi connectivity index (χ4n) is 1.55. The van der Waals surface area contributed by atoms with E-state index in [0.29, 0.717) is 24.5 Å². The molecular weight excluding hydrogens is 308 g/mol. The summed E-state index contributed by atoms with van der Waals surface area (Å²) in [6, 6.07) is 2.82. The van der Waals surface area contributed by atoms with Gasteiger partial charge in [0.2, 0.25) is 5.75 Å². The number of thioether (sulfide) groups is 1. The molecule has 0 amide bonds. The van der Waals surface area contributed by atoms with Gasteiger partial charge in [-0.1, -0.05) is 11.8 Å². The monoisotopic (exact) mass is 326 g/mol. The van der Waals surface area contributed by atoms with Crippen molar-refractivity contribution >= 4 is 28.8 Å². The molecule has 0 aliphatic heterocycles. The van der Waals surface area contributed by atoms with Gasteiger partial charge < -0.3 is 15.2 Å². The zero-order chi connectivity index (χ0) is 16.5. The molecule has 0 spiro atoms. The molecule has 22 heavy (non-hydrogen) atoms. The van der Waals surface area contributed by atoms with Gasteiger partial charge in [0, 0.05) is 17.7 Å². The van der Waals surface area contributed by atoms with Crippen molar-refractivity contribution in [1.29, 1.82) is 0 Å². The van der Waals surface area contributed by atoms with Crippen LogP contribution in [0.25, 0.3) is 0 Å². The predicted molar refractivity (Wildman–Crippen MR) is 88.2 cm³/mol. The number of hydrogen-bond donors (Lipinski definition) is 1. The molecule has 0 aliphatic rings. The first-order valence-electron chi connectivity index (χ1n) is 6.51. The second kappa shape index (κ2) is 8.88. The van der Waals surface area contributed by atoms with Gasteiger partial charge in [0.25, 0.3) is 0 Å². The summed E-state index contributed by atoms with van der Waals surface area (Å²) in [5, 5.41) is 19.0. The molecule has 9 heteroatoms. The van der Waals surface area contributed by atoms with E-state index in [9.17, 15) is 10.1 Å². The Hall–Kier alpha value is -2.29. The molecule has 0 radical (unpaired) electrons. The zero-order valence-electron chi connectivity index (χ0n) is 12.6. The zero-order valence-corrected chi connectivity index (χ0v) is 13.4. The summed E-state index contributed by atoms with van der Waals surface area (Å²) in [5.41, 5.74) is 5.78. The highest BCUT2D eigenvalue weighted by molar-refractivity contribution is 8.13. The number of hydrogen-bond acceptors (Lipinski definition) is 7. The first-order chi connectivity index (χ1) is 10.5. The molecular formula is C13H18N4O4S. The van der Waals surface area contributed by atoms with Crippen LogP contribution in [0.3, 0.4) is 0 Å². The van der Waals surface area contributed by atoms with Crippen molar-refractivity contribution in [3.05, 3.63) is 27.8 Å². The summed E-state index contributed by atoms with van der Waals surface area (Å²) in [4.78, 5) is 10.6. The van der Waals surface area contributed by atoms with Gasteiger partial charge in [0.15, 0.2) is 5.17 Å². The Morgan fingerprint density at radius 2 is 2.00 bits per heavy atom. The van der Waals surface area contributed by atoms with E-state index >= 15 is 0 Å².